The van der Waals surface area contributed by atoms with E-state index in [2.05, 4.69) is 5.32 Å². The van der Waals surface area contributed by atoms with Crippen molar-refractivity contribution >= 4 is 17.5 Å². The molecule has 3 nitrogen and oxygen atoms in total. The SMILES string of the molecule is Cc1ccc(C(=O)NC2CCC(O)CC2)cc1Cl. The van der Waals surface area contributed by atoms with Crippen molar-refractivity contribution in [2.24, 2.45) is 0 Å². The molecule has 0 bridgehead atoms. The smallest absolute Gasteiger partial charge is 0.251 e. The van der Waals surface area contributed by atoms with Crippen molar-refractivity contribution in [1.82, 2.24) is 5.32 Å². The number of carbonyl (C=O) groups excluding carboxylic acids is 1. The van der Waals surface area contributed by atoms with Crippen molar-refractivity contribution in [3.63, 3.8) is 0 Å². The number of halogens is 1. The second-order valence-corrected chi connectivity index (χ2v) is 5.35. The molecule has 0 radical (unpaired) electrons. The largest absolute Gasteiger partial charge is 0.393 e. The zero-order valence-corrected chi connectivity index (χ0v) is 11.2. The Hall–Kier alpha value is -1.06. The molecule has 0 aromatic heterocycles. The standard InChI is InChI=1S/C14H18ClNO2/c1-9-2-3-10(8-13(9)15)14(18)16-11-4-6-12(17)7-5-11/h2-3,8,11-12,17H,4-7H2,1H3,(H,16,18). The van der Waals surface area contributed by atoms with Crippen LogP contribution in [0.1, 0.15) is 41.6 Å². The Bertz CT molecular complexity index is 439. The first-order chi connectivity index (χ1) is 8.56. The van der Waals surface area contributed by atoms with Gasteiger partial charge in [-0.05, 0) is 50.3 Å². The first kappa shape index (κ1) is 13.4. The van der Waals surface area contributed by atoms with Crippen molar-refractivity contribution in [3.05, 3.63) is 34.3 Å². The minimum absolute atomic E-state index is 0.0849. The molecule has 0 aliphatic heterocycles. The molecular formula is C14H18ClNO2. The number of aliphatic hydroxyl groups is 1. The lowest BCUT2D eigenvalue weighted by molar-refractivity contribution is 0.0867. The number of benzene rings is 1. The fraction of sp³-hybridized carbons (Fsp3) is 0.500. The number of aryl methyl sites for hydroxylation is 1. The third kappa shape index (κ3) is 3.24. The van der Waals surface area contributed by atoms with E-state index in [1.807, 2.05) is 13.0 Å². The van der Waals surface area contributed by atoms with E-state index in [0.717, 1.165) is 31.2 Å². The summed E-state index contributed by atoms with van der Waals surface area (Å²) in [7, 11) is 0. The summed E-state index contributed by atoms with van der Waals surface area (Å²) in [5, 5.41) is 13.0. The molecule has 1 amide bonds. The molecule has 1 aliphatic carbocycles. The second kappa shape index (κ2) is 5.72. The van der Waals surface area contributed by atoms with Gasteiger partial charge >= 0.3 is 0 Å². The van der Waals surface area contributed by atoms with Crippen molar-refractivity contribution in [1.29, 1.82) is 0 Å². The van der Waals surface area contributed by atoms with Gasteiger partial charge in [-0.15, -0.1) is 0 Å². The van der Waals surface area contributed by atoms with Crippen LogP contribution < -0.4 is 5.32 Å². The highest BCUT2D eigenvalue weighted by molar-refractivity contribution is 6.31. The van der Waals surface area contributed by atoms with Crippen molar-refractivity contribution in [3.8, 4) is 0 Å². The van der Waals surface area contributed by atoms with Gasteiger partial charge in [0.05, 0.1) is 6.10 Å². The molecule has 0 heterocycles. The van der Waals surface area contributed by atoms with Crippen LogP contribution in [0.15, 0.2) is 18.2 Å². The molecule has 1 aromatic rings. The molecule has 0 unspecified atom stereocenters. The molecular weight excluding hydrogens is 250 g/mol. The maximum Gasteiger partial charge on any atom is 0.251 e. The summed E-state index contributed by atoms with van der Waals surface area (Å²) in [6, 6.07) is 5.50. The maximum absolute atomic E-state index is 12.0. The van der Waals surface area contributed by atoms with Gasteiger partial charge in [0.25, 0.3) is 5.91 Å². The van der Waals surface area contributed by atoms with Crippen LogP contribution in [0.4, 0.5) is 0 Å². The van der Waals surface area contributed by atoms with Gasteiger partial charge in [0.2, 0.25) is 0 Å². The molecule has 1 aliphatic rings. The molecule has 2 N–H and O–H groups in total. The van der Waals surface area contributed by atoms with E-state index < -0.39 is 0 Å². The zero-order chi connectivity index (χ0) is 13.1. The summed E-state index contributed by atoms with van der Waals surface area (Å²) >= 11 is 6.01. The normalized spacial score (nSPS) is 23.7. The van der Waals surface area contributed by atoms with Gasteiger partial charge in [0.15, 0.2) is 0 Å². The monoisotopic (exact) mass is 267 g/mol. The van der Waals surface area contributed by atoms with E-state index >= 15 is 0 Å². The van der Waals surface area contributed by atoms with E-state index in [0.29, 0.717) is 10.6 Å². The molecule has 1 saturated carbocycles. The number of rotatable bonds is 2. The number of amides is 1. The fourth-order valence-corrected chi connectivity index (χ4v) is 2.40. The van der Waals surface area contributed by atoms with Crippen molar-refractivity contribution in [2.45, 2.75) is 44.8 Å². The van der Waals surface area contributed by atoms with Crippen LogP contribution in [0.2, 0.25) is 5.02 Å². The number of hydrogen-bond donors (Lipinski definition) is 2. The van der Waals surface area contributed by atoms with Crippen LogP contribution in [0.25, 0.3) is 0 Å². The molecule has 4 heteroatoms. The molecule has 0 atom stereocenters. The minimum atomic E-state index is -0.202. The first-order valence-electron chi connectivity index (χ1n) is 6.31. The van der Waals surface area contributed by atoms with Crippen LogP contribution in [-0.2, 0) is 0 Å². The number of nitrogens with one attached hydrogen (secondary N) is 1. The number of aliphatic hydroxyl groups excluding tert-OH is 1. The van der Waals surface area contributed by atoms with E-state index in [1.165, 1.54) is 0 Å². The van der Waals surface area contributed by atoms with Crippen LogP contribution in [0.3, 0.4) is 0 Å². The Labute approximate surface area is 112 Å². The van der Waals surface area contributed by atoms with Gasteiger partial charge in [-0.25, -0.2) is 0 Å². The summed E-state index contributed by atoms with van der Waals surface area (Å²) in [6.45, 7) is 1.91. The molecule has 0 saturated heterocycles. The summed E-state index contributed by atoms with van der Waals surface area (Å²) < 4.78 is 0. The van der Waals surface area contributed by atoms with Crippen LogP contribution in [0, 0.1) is 6.92 Å². The van der Waals surface area contributed by atoms with E-state index in [9.17, 15) is 9.90 Å². The number of hydrogen-bond acceptors (Lipinski definition) is 2. The van der Waals surface area contributed by atoms with Crippen molar-refractivity contribution in [2.75, 3.05) is 0 Å². The van der Waals surface area contributed by atoms with Crippen molar-refractivity contribution < 1.29 is 9.90 Å². The van der Waals surface area contributed by atoms with E-state index in [1.54, 1.807) is 12.1 Å². The lowest BCUT2D eigenvalue weighted by Gasteiger charge is -2.26. The van der Waals surface area contributed by atoms with E-state index in [-0.39, 0.29) is 18.1 Å². The molecule has 1 aromatic carbocycles. The fourth-order valence-electron chi connectivity index (χ4n) is 2.22. The quantitative estimate of drug-likeness (QED) is 0.866. The predicted molar refractivity (Wildman–Crippen MR) is 71.9 cm³/mol. The van der Waals surface area contributed by atoms with Crippen LogP contribution in [0.5, 0.6) is 0 Å². The Balaban J connectivity index is 1.97. The van der Waals surface area contributed by atoms with Gasteiger partial charge in [-0.2, -0.15) is 0 Å². The van der Waals surface area contributed by atoms with Crippen LogP contribution >= 0.6 is 11.6 Å². The lowest BCUT2D eigenvalue weighted by atomic mass is 9.93. The van der Waals surface area contributed by atoms with Gasteiger partial charge in [0, 0.05) is 16.6 Å². The Morgan fingerprint density at radius 2 is 2.00 bits per heavy atom. The van der Waals surface area contributed by atoms with E-state index in [4.69, 9.17) is 11.6 Å². The molecule has 98 valence electrons. The summed E-state index contributed by atoms with van der Waals surface area (Å²) in [4.78, 5) is 12.0. The predicted octanol–water partition coefficient (Wildman–Crippen LogP) is 2.68. The highest BCUT2D eigenvalue weighted by Crippen LogP contribution is 2.20. The zero-order valence-electron chi connectivity index (χ0n) is 10.4. The lowest BCUT2D eigenvalue weighted by Crippen LogP contribution is -2.38. The third-order valence-corrected chi connectivity index (χ3v) is 3.87. The van der Waals surface area contributed by atoms with Gasteiger partial charge < -0.3 is 10.4 Å². The summed E-state index contributed by atoms with van der Waals surface area (Å²) in [6.07, 6.45) is 3.00. The molecule has 18 heavy (non-hydrogen) atoms. The third-order valence-electron chi connectivity index (χ3n) is 3.47. The first-order valence-corrected chi connectivity index (χ1v) is 6.69. The maximum atomic E-state index is 12.0. The second-order valence-electron chi connectivity index (χ2n) is 4.94. The highest BCUT2D eigenvalue weighted by atomic mass is 35.5. The number of carbonyl (C=O) groups is 1. The Morgan fingerprint density at radius 1 is 1.33 bits per heavy atom. The molecule has 0 spiro atoms. The Kier molecular flexibility index (Phi) is 4.25. The highest BCUT2D eigenvalue weighted by Gasteiger charge is 2.21. The summed E-state index contributed by atoms with van der Waals surface area (Å²) in [5.74, 6) is -0.0849. The van der Waals surface area contributed by atoms with Crippen LogP contribution in [-0.4, -0.2) is 23.2 Å². The average molecular weight is 268 g/mol. The Morgan fingerprint density at radius 3 is 2.61 bits per heavy atom. The average Bonchev–Trinajstić information content (AvgIpc) is 2.35. The van der Waals surface area contributed by atoms with Gasteiger partial charge in [-0.1, -0.05) is 17.7 Å². The minimum Gasteiger partial charge on any atom is -0.393 e. The molecule has 2 rings (SSSR count). The van der Waals surface area contributed by atoms with Gasteiger partial charge in [0.1, 0.15) is 0 Å². The molecule has 1 fully saturated rings. The summed E-state index contributed by atoms with van der Waals surface area (Å²) in [5.41, 5.74) is 1.56. The topological polar surface area (TPSA) is 49.3 Å². The van der Waals surface area contributed by atoms with Gasteiger partial charge in [-0.3, -0.25) is 4.79 Å².